The first kappa shape index (κ1) is 23.8. The number of carboxylic acids is 1. The van der Waals surface area contributed by atoms with E-state index in [-0.39, 0.29) is 0 Å². The zero-order valence-electron chi connectivity index (χ0n) is 15.0. The molecular weight excluding hydrogens is 352 g/mol. The highest BCUT2D eigenvalue weighted by atomic mass is 32.2. The van der Waals surface area contributed by atoms with Crippen LogP contribution in [0.5, 0.6) is 0 Å². The molecule has 0 spiro atoms. The first-order chi connectivity index (χ1) is 11.7. The number of carbonyl (C=O) groups excluding carboxylic acids is 1. The van der Waals surface area contributed by atoms with Gasteiger partial charge in [-0.15, -0.1) is 0 Å². The van der Waals surface area contributed by atoms with Gasteiger partial charge in [0, 0.05) is 0 Å². The van der Waals surface area contributed by atoms with E-state index in [2.05, 4.69) is 6.92 Å². The van der Waals surface area contributed by atoms with Crippen molar-refractivity contribution < 1.29 is 37.1 Å². The SMILES string of the molecule is CCCCCCCCCCOC(C)OC(=O)C(CC(=O)O)S(=O)(=O)O. The van der Waals surface area contributed by atoms with E-state index in [1.54, 1.807) is 0 Å². The number of rotatable bonds is 15. The summed E-state index contributed by atoms with van der Waals surface area (Å²) in [5.41, 5.74) is 0. The van der Waals surface area contributed by atoms with Crippen LogP contribution >= 0.6 is 0 Å². The summed E-state index contributed by atoms with van der Waals surface area (Å²) in [4.78, 5) is 22.3. The summed E-state index contributed by atoms with van der Waals surface area (Å²) in [6.07, 6.45) is 6.92. The lowest BCUT2D eigenvalue weighted by Gasteiger charge is -2.17. The fourth-order valence-corrected chi connectivity index (χ4v) is 2.88. The maximum Gasteiger partial charge on any atom is 0.329 e. The minimum absolute atomic E-state index is 0.346. The predicted octanol–water partition coefficient (Wildman–Crippen LogP) is 2.76. The molecule has 0 amide bonds. The number of unbranched alkanes of at least 4 members (excludes halogenated alkanes) is 7. The lowest BCUT2D eigenvalue weighted by molar-refractivity contribution is -0.175. The second-order valence-corrected chi connectivity index (χ2v) is 7.55. The van der Waals surface area contributed by atoms with Gasteiger partial charge in [0.25, 0.3) is 10.1 Å². The van der Waals surface area contributed by atoms with Gasteiger partial charge in [0.05, 0.1) is 13.0 Å². The highest BCUT2D eigenvalue weighted by Gasteiger charge is 2.35. The lowest BCUT2D eigenvalue weighted by Crippen LogP contribution is -2.36. The van der Waals surface area contributed by atoms with Crippen molar-refractivity contribution in [2.45, 2.75) is 83.2 Å². The van der Waals surface area contributed by atoms with Gasteiger partial charge in [-0.1, -0.05) is 51.9 Å². The van der Waals surface area contributed by atoms with Crippen molar-refractivity contribution in [2.24, 2.45) is 0 Å². The zero-order valence-corrected chi connectivity index (χ0v) is 15.8. The van der Waals surface area contributed by atoms with Gasteiger partial charge in [-0.2, -0.15) is 8.42 Å². The maximum absolute atomic E-state index is 11.7. The Kier molecular flexibility index (Phi) is 12.5. The van der Waals surface area contributed by atoms with Gasteiger partial charge >= 0.3 is 11.9 Å². The molecule has 0 aliphatic carbocycles. The van der Waals surface area contributed by atoms with Crippen LogP contribution in [0.1, 0.15) is 71.6 Å². The molecule has 0 saturated carbocycles. The Morgan fingerprint density at radius 3 is 2.00 bits per heavy atom. The summed E-state index contributed by atoms with van der Waals surface area (Å²) in [5, 5.41) is 6.45. The normalized spacial score (nSPS) is 14.0. The molecule has 0 aliphatic heterocycles. The van der Waals surface area contributed by atoms with Crippen LogP contribution < -0.4 is 0 Å². The largest absolute Gasteiger partial charge is 0.481 e. The smallest absolute Gasteiger partial charge is 0.329 e. The van der Waals surface area contributed by atoms with Crippen molar-refractivity contribution >= 4 is 22.1 Å². The minimum Gasteiger partial charge on any atom is -0.481 e. The monoisotopic (exact) mass is 382 g/mol. The molecule has 0 saturated heterocycles. The third-order valence-corrected chi connectivity index (χ3v) is 4.69. The number of carbonyl (C=O) groups is 2. The molecule has 8 nitrogen and oxygen atoms in total. The van der Waals surface area contributed by atoms with Crippen LogP contribution in [-0.4, -0.2) is 48.2 Å². The second kappa shape index (κ2) is 13.1. The van der Waals surface area contributed by atoms with Gasteiger partial charge in [-0.3, -0.25) is 14.1 Å². The fourth-order valence-electron chi connectivity index (χ4n) is 2.23. The van der Waals surface area contributed by atoms with Gasteiger partial charge in [0.15, 0.2) is 11.5 Å². The Balaban J connectivity index is 3.98. The Morgan fingerprint density at radius 1 is 1.00 bits per heavy atom. The minimum atomic E-state index is -4.86. The number of aliphatic carboxylic acids is 1. The molecule has 148 valence electrons. The highest BCUT2D eigenvalue weighted by Crippen LogP contribution is 2.11. The average Bonchev–Trinajstić information content (AvgIpc) is 2.49. The molecule has 0 aliphatic rings. The van der Waals surface area contributed by atoms with E-state index in [1.807, 2.05) is 0 Å². The number of carboxylic acid groups (broad SMARTS) is 1. The van der Waals surface area contributed by atoms with Crippen molar-refractivity contribution in [1.29, 1.82) is 0 Å². The third kappa shape index (κ3) is 12.8. The Morgan fingerprint density at radius 2 is 1.52 bits per heavy atom. The molecule has 0 heterocycles. The fraction of sp³-hybridized carbons (Fsp3) is 0.875. The lowest BCUT2D eigenvalue weighted by atomic mass is 10.1. The summed E-state index contributed by atoms with van der Waals surface area (Å²) in [7, 11) is -4.86. The number of esters is 1. The van der Waals surface area contributed by atoms with Crippen LogP contribution in [0, 0.1) is 0 Å². The zero-order chi connectivity index (χ0) is 19.3. The molecule has 0 aromatic heterocycles. The van der Waals surface area contributed by atoms with Crippen molar-refractivity contribution in [3.63, 3.8) is 0 Å². The van der Waals surface area contributed by atoms with Crippen LogP contribution in [0.2, 0.25) is 0 Å². The summed E-state index contributed by atoms with van der Waals surface area (Å²) in [6.45, 7) is 3.93. The molecule has 0 radical (unpaired) electrons. The maximum atomic E-state index is 11.7. The van der Waals surface area contributed by atoms with Crippen molar-refractivity contribution in [2.75, 3.05) is 6.61 Å². The molecule has 2 atom stereocenters. The average molecular weight is 382 g/mol. The van der Waals surface area contributed by atoms with Crippen molar-refractivity contribution in [3.05, 3.63) is 0 Å². The predicted molar refractivity (Wildman–Crippen MR) is 91.7 cm³/mol. The van der Waals surface area contributed by atoms with E-state index in [4.69, 9.17) is 19.1 Å². The van der Waals surface area contributed by atoms with Gasteiger partial charge in [0.1, 0.15) is 0 Å². The first-order valence-electron chi connectivity index (χ1n) is 8.68. The molecule has 2 unspecified atom stereocenters. The van der Waals surface area contributed by atoms with Crippen LogP contribution in [0.25, 0.3) is 0 Å². The van der Waals surface area contributed by atoms with Crippen LogP contribution in [0.3, 0.4) is 0 Å². The first-order valence-corrected chi connectivity index (χ1v) is 10.2. The Labute approximate surface area is 149 Å². The van der Waals surface area contributed by atoms with E-state index in [1.165, 1.54) is 39.0 Å². The van der Waals surface area contributed by atoms with Gasteiger partial charge in [0.2, 0.25) is 0 Å². The summed E-state index contributed by atoms with van der Waals surface area (Å²) in [6, 6.07) is 0. The summed E-state index contributed by atoms with van der Waals surface area (Å²) < 4.78 is 41.1. The Bertz CT molecular complexity index is 488. The van der Waals surface area contributed by atoms with Gasteiger partial charge in [-0.05, 0) is 13.3 Å². The molecule has 0 aromatic rings. The number of hydrogen-bond acceptors (Lipinski definition) is 6. The topological polar surface area (TPSA) is 127 Å². The second-order valence-electron chi connectivity index (χ2n) is 5.95. The molecule has 0 bridgehead atoms. The van der Waals surface area contributed by atoms with Crippen LogP contribution in [-0.2, 0) is 29.2 Å². The standard InChI is InChI=1S/C16H30O8S/c1-3-4-5-6-7-8-9-10-11-23-13(2)24-16(19)14(12-15(17)18)25(20,21)22/h13-14H,3-12H2,1-2H3,(H,17,18)(H,20,21,22). The Hall–Kier alpha value is -1.19. The van der Waals surface area contributed by atoms with Gasteiger partial charge < -0.3 is 14.6 Å². The number of hydrogen-bond donors (Lipinski definition) is 2. The van der Waals surface area contributed by atoms with Crippen molar-refractivity contribution in [3.8, 4) is 0 Å². The molecular formula is C16H30O8S. The molecule has 0 fully saturated rings. The number of ether oxygens (including phenoxy) is 2. The molecule has 25 heavy (non-hydrogen) atoms. The van der Waals surface area contributed by atoms with Gasteiger partial charge in [-0.25, -0.2) is 0 Å². The van der Waals surface area contributed by atoms with Crippen LogP contribution in [0.15, 0.2) is 0 Å². The van der Waals surface area contributed by atoms with E-state index in [9.17, 15) is 18.0 Å². The quantitative estimate of drug-likeness (QED) is 0.191. The van der Waals surface area contributed by atoms with Crippen molar-refractivity contribution in [1.82, 2.24) is 0 Å². The molecule has 2 N–H and O–H groups in total. The van der Waals surface area contributed by atoms with E-state index < -0.39 is 40.0 Å². The summed E-state index contributed by atoms with van der Waals surface area (Å²) >= 11 is 0. The van der Waals surface area contributed by atoms with E-state index in [0.29, 0.717) is 6.61 Å². The van der Waals surface area contributed by atoms with E-state index >= 15 is 0 Å². The van der Waals surface area contributed by atoms with E-state index in [0.717, 1.165) is 19.3 Å². The molecule has 0 rings (SSSR count). The van der Waals surface area contributed by atoms with Crippen LogP contribution in [0.4, 0.5) is 0 Å². The summed E-state index contributed by atoms with van der Waals surface area (Å²) in [5.74, 6) is -2.87. The molecule has 0 aromatic carbocycles. The highest BCUT2D eigenvalue weighted by molar-refractivity contribution is 7.87. The third-order valence-electron chi connectivity index (χ3n) is 3.62. The molecule has 9 heteroatoms.